The SMILES string of the molecule is Cc1nn(C)c(C)c1CN1CCN(C(=O)CCN)CC1. The van der Waals surface area contributed by atoms with Crippen LogP contribution in [0.4, 0.5) is 0 Å². The van der Waals surface area contributed by atoms with Gasteiger partial charge in [-0.05, 0) is 13.8 Å². The Morgan fingerprint density at radius 3 is 2.40 bits per heavy atom. The monoisotopic (exact) mass is 279 g/mol. The van der Waals surface area contributed by atoms with Crippen LogP contribution in [0.15, 0.2) is 0 Å². The van der Waals surface area contributed by atoms with Crippen LogP contribution >= 0.6 is 0 Å². The average Bonchev–Trinajstić information content (AvgIpc) is 2.66. The Balaban J connectivity index is 1.90. The zero-order valence-electron chi connectivity index (χ0n) is 12.7. The third-order valence-electron chi connectivity index (χ3n) is 4.12. The summed E-state index contributed by atoms with van der Waals surface area (Å²) in [4.78, 5) is 16.1. The first kappa shape index (κ1) is 15.0. The molecule has 20 heavy (non-hydrogen) atoms. The van der Waals surface area contributed by atoms with E-state index in [1.807, 2.05) is 16.6 Å². The second-order valence-corrected chi connectivity index (χ2v) is 5.47. The molecule has 6 nitrogen and oxygen atoms in total. The van der Waals surface area contributed by atoms with Crippen LogP contribution in [-0.2, 0) is 18.4 Å². The number of nitrogens with zero attached hydrogens (tertiary/aromatic N) is 4. The number of hydrogen-bond acceptors (Lipinski definition) is 4. The first-order valence-electron chi connectivity index (χ1n) is 7.22. The van der Waals surface area contributed by atoms with Gasteiger partial charge in [0, 0.05) is 64.0 Å². The molecule has 0 radical (unpaired) electrons. The molecule has 6 heteroatoms. The highest BCUT2D eigenvalue weighted by Crippen LogP contribution is 2.16. The summed E-state index contributed by atoms with van der Waals surface area (Å²) < 4.78 is 1.94. The van der Waals surface area contributed by atoms with Gasteiger partial charge in [-0.2, -0.15) is 5.10 Å². The largest absolute Gasteiger partial charge is 0.340 e. The first-order valence-corrected chi connectivity index (χ1v) is 7.22. The minimum Gasteiger partial charge on any atom is -0.340 e. The normalized spacial score (nSPS) is 16.7. The molecule has 1 aliphatic rings. The number of piperazine rings is 1. The number of rotatable bonds is 4. The highest BCUT2D eigenvalue weighted by atomic mass is 16.2. The predicted molar refractivity (Wildman–Crippen MR) is 78.2 cm³/mol. The number of carbonyl (C=O) groups is 1. The smallest absolute Gasteiger partial charge is 0.223 e. The molecule has 0 spiro atoms. The number of aromatic nitrogens is 2. The Kier molecular flexibility index (Phi) is 4.77. The lowest BCUT2D eigenvalue weighted by Crippen LogP contribution is -2.48. The van der Waals surface area contributed by atoms with Crippen molar-refractivity contribution >= 4 is 5.91 Å². The number of amides is 1. The van der Waals surface area contributed by atoms with Crippen LogP contribution in [0.25, 0.3) is 0 Å². The summed E-state index contributed by atoms with van der Waals surface area (Å²) in [7, 11) is 1.98. The van der Waals surface area contributed by atoms with E-state index >= 15 is 0 Å². The lowest BCUT2D eigenvalue weighted by Gasteiger charge is -2.34. The Hall–Kier alpha value is -1.40. The molecular weight excluding hydrogens is 254 g/mol. The van der Waals surface area contributed by atoms with Gasteiger partial charge in [-0.1, -0.05) is 0 Å². The molecule has 1 amide bonds. The van der Waals surface area contributed by atoms with Crippen molar-refractivity contribution in [2.45, 2.75) is 26.8 Å². The summed E-state index contributed by atoms with van der Waals surface area (Å²) in [5, 5.41) is 4.46. The Morgan fingerprint density at radius 2 is 1.90 bits per heavy atom. The summed E-state index contributed by atoms with van der Waals surface area (Å²) in [5.41, 5.74) is 9.08. The van der Waals surface area contributed by atoms with Gasteiger partial charge in [0.1, 0.15) is 0 Å². The van der Waals surface area contributed by atoms with E-state index in [0.717, 1.165) is 38.4 Å². The quantitative estimate of drug-likeness (QED) is 0.844. The zero-order valence-corrected chi connectivity index (χ0v) is 12.7. The molecule has 2 N–H and O–H groups in total. The minimum atomic E-state index is 0.181. The summed E-state index contributed by atoms with van der Waals surface area (Å²) >= 11 is 0. The second-order valence-electron chi connectivity index (χ2n) is 5.47. The third-order valence-corrected chi connectivity index (χ3v) is 4.12. The average molecular weight is 279 g/mol. The van der Waals surface area contributed by atoms with Gasteiger partial charge in [0.15, 0.2) is 0 Å². The lowest BCUT2D eigenvalue weighted by molar-refractivity contribution is -0.132. The fourth-order valence-electron chi connectivity index (χ4n) is 2.71. The molecule has 0 aliphatic carbocycles. The van der Waals surface area contributed by atoms with Gasteiger partial charge in [-0.25, -0.2) is 0 Å². The van der Waals surface area contributed by atoms with E-state index in [9.17, 15) is 4.79 Å². The Bertz CT molecular complexity index is 474. The predicted octanol–water partition coefficient (Wildman–Crippen LogP) is 0.0299. The van der Waals surface area contributed by atoms with E-state index in [1.54, 1.807) is 0 Å². The van der Waals surface area contributed by atoms with Crippen LogP contribution in [0.3, 0.4) is 0 Å². The maximum Gasteiger partial charge on any atom is 0.223 e. The number of nitrogens with two attached hydrogens (primary N) is 1. The minimum absolute atomic E-state index is 0.181. The fraction of sp³-hybridized carbons (Fsp3) is 0.714. The summed E-state index contributed by atoms with van der Waals surface area (Å²) in [6.07, 6.45) is 0.459. The van der Waals surface area contributed by atoms with Gasteiger partial charge >= 0.3 is 0 Å². The molecule has 112 valence electrons. The lowest BCUT2D eigenvalue weighted by atomic mass is 10.1. The van der Waals surface area contributed by atoms with Crippen LogP contribution < -0.4 is 5.73 Å². The molecule has 2 rings (SSSR count). The summed E-state index contributed by atoms with van der Waals surface area (Å²) in [6, 6.07) is 0. The maximum atomic E-state index is 11.8. The number of aryl methyl sites for hydroxylation is 2. The van der Waals surface area contributed by atoms with Gasteiger partial charge in [0.25, 0.3) is 0 Å². The van der Waals surface area contributed by atoms with E-state index < -0.39 is 0 Å². The van der Waals surface area contributed by atoms with E-state index in [2.05, 4.69) is 23.8 Å². The molecule has 1 aromatic rings. The summed E-state index contributed by atoms with van der Waals surface area (Å²) in [6.45, 7) is 8.97. The number of carbonyl (C=O) groups excluding carboxylic acids is 1. The van der Waals surface area contributed by atoms with Crippen molar-refractivity contribution in [1.82, 2.24) is 19.6 Å². The number of hydrogen-bond donors (Lipinski definition) is 1. The highest BCUT2D eigenvalue weighted by molar-refractivity contribution is 5.76. The second kappa shape index (κ2) is 6.37. The Morgan fingerprint density at radius 1 is 1.25 bits per heavy atom. The van der Waals surface area contributed by atoms with Crippen LogP contribution in [-0.4, -0.2) is 58.2 Å². The molecule has 1 fully saturated rings. The molecule has 0 bridgehead atoms. The van der Waals surface area contributed by atoms with E-state index in [4.69, 9.17) is 5.73 Å². The first-order chi connectivity index (χ1) is 9.52. The third kappa shape index (κ3) is 3.19. The zero-order chi connectivity index (χ0) is 14.7. The molecule has 1 aromatic heterocycles. The topological polar surface area (TPSA) is 67.4 Å². The van der Waals surface area contributed by atoms with Crippen LogP contribution in [0.1, 0.15) is 23.4 Å². The molecule has 1 saturated heterocycles. The van der Waals surface area contributed by atoms with E-state index in [1.165, 1.54) is 11.3 Å². The van der Waals surface area contributed by atoms with Gasteiger partial charge in [-0.15, -0.1) is 0 Å². The van der Waals surface area contributed by atoms with Crippen molar-refractivity contribution < 1.29 is 4.79 Å². The molecule has 0 atom stereocenters. The van der Waals surface area contributed by atoms with E-state index in [0.29, 0.717) is 13.0 Å². The molecule has 2 heterocycles. The van der Waals surface area contributed by atoms with Crippen molar-refractivity contribution in [3.63, 3.8) is 0 Å². The van der Waals surface area contributed by atoms with Crippen molar-refractivity contribution in [2.24, 2.45) is 12.8 Å². The van der Waals surface area contributed by atoms with Crippen molar-refractivity contribution in [3.8, 4) is 0 Å². The maximum absolute atomic E-state index is 11.8. The van der Waals surface area contributed by atoms with Gasteiger partial charge in [-0.3, -0.25) is 14.4 Å². The van der Waals surface area contributed by atoms with Gasteiger partial charge in [0.2, 0.25) is 5.91 Å². The molecule has 0 saturated carbocycles. The van der Waals surface area contributed by atoms with Crippen molar-refractivity contribution in [3.05, 3.63) is 17.0 Å². The molecule has 0 aromatic carbocycles. The van der Waals surface area contributed by atoms with Crippen molar-refractivity contribution in [2.75, 3.05) is 32.7 Å². The molecule has 0 unspecified atom stereocenters. The Labute approximate surface area is 120 Å². The van der Waals surface area contributed by atoms with Crippen LogP contribution in [0.2, 0.25) is 0 Å². The van der Waals surface area contributed by atoms with Crippen LogP contribution in [0, 0.1) is 13.8 Å². The standard InChI is InChI=1S/C14H25N5O/c1-11-13(12(2)17(3)16-11)10-18-6-8-19(9-7-18)14(20)4-5-15/h4-10,15H2,1-3H3. The highest BCUT2D eigenvalue weighted by Gasteiger charge is 2.22. The van der Waals surface area contributed by atoms with Crippen LogP contribution in [0.5, 0.6) is 0 Å². The molecular formula is C14H25N5O. The fourth-order valence-corrected chi connectivity index (χ4v) is 2.71. The van der Waals surface area contributed by atoms with Crippen molar-refractivity contribution in [1.29, 1.82) is 0 Å². The molecule has 1 aliphatic heterocycles. The van der Waals surface area contributed by atoms with Gasteiger partial charge < -0.3 is 10.6 Å². The van der Waals surface area contributed by atoms with Gasteiger partial charge in [0.05, 0.1) is 5.69 Å². The summed E-state index contributed by atoms with van der Waals surface area (Å²) in [5.74, 6) is 0.181. The van der Waals surface area contributed by atoms with E-state index in [-0.39, 0.29) is 5.91 Å².